The van der Waals surface area contributed by atoms with Crippen molar-refractivity contribution in [1.29, 1.82) is 0 Å². The minimum absolute atomic E-state index is 0.129. The number of unbranched alkanes of at least 4 members (excludes halogenated alkanes) is 4. The molecule has 1 aromatic rings. The lowest BCUT2D eigenvalue weighted by molar-refractivity contribution is -0.147. The summed E-state index contributed by atoms with van der Waals surface area (Å²) in [6, 6.07) is 1.75. The number of hydrogen-bond donors (Lipinski definition) is 0. The van der Waals surface area contributed by atoms with E-state index in [9.17, 15) is 19.2 Å². The van der Waals surface area contributed by atoms with Crippen molar-refractivity contribution in [2.45, 2.75) is 135 Å². The molecule has 2 aliphatic heterocycles. The number of ether oxygens (including phenoxy) is 2. The summed E-state index contributed by atoms with van der Waals surface area (Å²) in [5.74, 6) is -0.875. The molecule has 1 aromatic carbocycles. The molecule has 1 fully saturated rings. The van der Waals surface area contributed by atoms with Gasteiger partial charge in [0.1, 0.15) is 17.1 Å². The number of carbonyl (C=O) groups excluding carboxylic acids is 4. The van der Waals surface area contributed by atoms with Crippen molar-refractivity contribution in [3.05, 3.63) is 21.4 Å². The standard InChI is InChI=1S/C35H52N2O6S2/c1-8-14-18-24(12-5)33(40)42-26-22-23(7)28(43-34(41)25(13-6)19-15-9-2)30-29(26)44-35(45-30)27-31(38)36(20-16-10-3)37(32(27)39)21-17-11-4/h22,24-25H,8-21H2,1-7H3. The van der Waals surface area contributed by atoms with Crippen LogP contribution in [0.2, 0.25) is 0 Å². The van der Waals surface area contributed by atoms with Crippen LogP contribution in [-0.4, -0.2) is 46.9 Å². The van der Waals surface area contributed by atoms with E-state index in [0.717, 1.165) is 64.2 Å². The highest BCUT2D eigenvalue weighted by Gasteiger charge is 2.45. The van der Waals surface area contributed by atoms with Crippen LogP contribution in [0.1, 0.15) is 124 Å². The first kappa shape index (κ1) is 37.0. The Morgan fingerprint density at radius 3 is 1.64 bits per heavy atom. The van der Waals surface area contributed by atoms with Gasteiger partial charge in [-0.15, -0.1) is 0 Å². The topological polar surface area (TPSA) is 93.2 Å². The molecule has 10 heteroatoms. The quantitative estimate of drug-likeness (QED) is 0.0667. The number of benzene rings is 1. The predicted octanol–water partition coefficient (Wildman–Crippen LogP) is 8.83. The Balaban J connectivity index is 2.08. The minimum Gasteiger partial charge on any atom is -0.425 e. The minimum atomic E-state index is -0.308. The normalized spacial score (nSPS) is 16.0. The lowest BCUT2D eigenvalue weighted by atomic mass is 9.99. The second-order valence-corrected chi connectivity index (χ2v) is 14.2. The van der Waals surface area contributed by atoms with E-state index in [1.165, 1.54) is 23.5 Å². The molecule has 2 heterocycles. The van der Waals surface area contributed by atoms with Crippen LogP contribution >= 0.6 is 23.5 Å². The fourth-order valence-corrected chi connectivity index (χ4v) is 8.20. The van der Waals surface area contributed by atoms with E-state index in [2.05, 4.69) is 27.7 Å². The molecule has 8 nitrogen and oxygen atoms in total. The van der Waals surface area contributed by atoms with Crippen LogP contribution in [0.4, 0.5) is 0 Å². The van der Waals surface area contributed by atoms with E-state index >= 15 is 0 Å². The van der Waals surface area contributed by atoms with Gasteiger partial charge in [0, 0.05) is 13.1 Å². The average Bonchev–Trinajstić information content (AvgIpc) is 3.55. The van der Waals surface area contributed by atoms with Crippen LogP contribution in [0, 0.1) is 18.8 Å². The number of nitrogens with zero attached hydrogens (tertiary/aromatic N) is 2. The first-order valence-corrected chi connectivity index (χ1v) is 18.6. The van der Waals surface area contributed by atoms with Gasteiger partial charge < -0.3 is 9.47 Å². The molecule has 2 atom stereocenters. The van der Waals surface area contributed by atoms with Crippen molar-refractivity contribution in [3.8, 4) is 11.5 Å². The number of esters is 2. The van der Waals surface area contributed by atoms with Gasteiger partial charge >= 0.3 is 11.9 Å². The smallest absolute Gasteiger partial charge is 0.314 e. The molecule has 0 radical (unpaired) electrons. The first-order chi connectivity index (χ1) is 21.7. The highest BCUT2D eigenvalue weighted by molar-refractivity contribution is 8.25. The maximum atomic E-state index is 13.8. The van der Waals surface area contributed by atoms with Gasteiger partial charge in [0.25, 0.3) is 11.8 Å². The van der Waals surface area contributed by atoms with Gasteiger partial charge in [-0.2, -0.15) is 0 Å². The molecule has 45 heavy (non-hydrogen) atoms. The number of rotatable bonds is 18. The van der Waals surface area contributed by atoms with Crippen LogP contribution in [0.15, 0.2) is 25.7 Å². The predicted molar refractivity (Wildman–Crippen MR) is 181 cm³/mol. The Hall–Kier alpha value is -2.46. The Kier molecular flexibility index (Phi) is 14.8. The number of fused-ring (bicyclic) bond motifs is 1. The van der Waals surface area contributed by atoms with E-state index in [-0.39, 0.29) is 41.2 Å². The molecule has 3 rings (SSSR count). The van der Waals surface area contributed by atoms with Gasteiger partial charge in [0.05, 0.1) is 25.9 Å². The Bertz CT molecular complexity index is 1240. The summed E-state index contributed by atoms with van der Waals surface area (Å²) in [6.07, 6.45) is 10.1. The van der Waals surface area contributed by atoms with Crippen LogP contribution in [0.3, 0.4) is 0 Å². The Morgan fingerprint density at radius 1 is 0.711 bits per heavy atom. The van der Waals surface area contributed by atoms with Gasteiger partial charge in [-0.05, 0) is 57.1 Å². The molecular formula is C35H52N2O6S2. The summed E-state index contributed by atoms with van der Waals surface area (Å²) < 4.78 is 12.7. The van der Waals surface area contributed by atoms with Gasteiger partial charge in [-0.3, -0.25) is 19.2 Å². The summed E-state index contributed by atoms with van der Waals surface area (Å²) >= 11 is 2.52. The zero-order valence-electron chi connectivity index (χ0n) is 28.3. The molecule has 250 valence electrons. The van der Waals surface area contributed by atoms with E-state index in [4.69, 9.17) is 9.47 Å². The maximum absolute atomic E-state index is 13.8. The number of aryl methyl sites for hydroxylation is 1. The number of hydrazine groups is 1. The molecule has 0 spiro atoms. The summed E-state index contributed by atoms with van der Waals surface area (Å²) in [6.45, 7) is 15.1. The fourth-order valence-electron chi connectivity index (χ4n) is 5.48. The molecule has 0 N–H and O–H groups in total. The van der Waals surface area contributed by atoms with Crippen LogP contribution < -0.4 is 9.47 Å². The lowest BCUT2D eigenvalue weighted by Crippen LogP contribution is -2.42. The molecule has 0 saturated carbocycles. The van der Waals surface area contributed by atoms with Crippen LogP contribution in [0.5, 0.6) is 11.5 Å². The monoisotopic (exact) mass is 660 g/mol. The second-order valence-electron chi connectivity index (χ2n) is 11.9. The largest absolute Gasteiger partial charge is 0.425 e. The zero-order chi connectivity index (χ0) is 33.1. The van der Waals surface area contributed by atoms with Crippen molar-refractivity contribution in [2.75, 3.05) is 13.1 Å². The number of hydrogen-bond acceptors (Lipinski definition) is 8. The third-order valence-electron chi connectivity index (χ3n) is 8.45. The fraction of sp³-hybridized carbons (Fsp3) is 0.657. The van der Waals surface area contributed by atoms with Crippen molar-refractivity contribution in [1.82, 2.24) is 10.0 Å². The summed E-state index contributed by atoms with van der Waals surface area (Å²) in [5, 5.41) is 3.17. The zero-order valence-corrected chi connectivity index (χ0v) is 29.9. The van der Waals surface area contributed by atoms with Crippen molar-refractivity contribution < 1.29 is 28.7 Å². The summed E-state index contributed by atoms with van der Waals surface area (Å²) in [7, 11) is 0. The highest BCUT2D eigenvalue weighted by atomic mass is 32.2. The van der Waals surface area contributed by atoms with Gasteiger partial charge in [0.2, 0.25) is 0 Å². The van der Waals surface area contributed by atoms with Gasteiger partial charge in [0.15, 0.2) is 0 Å². The third kappa shape index (κ3) is 8.88. The van der Waals surface area contributed by atoms with E-state index < -0.39 is 0 Å². The molecule has 2 unspecified atom stereocenters. The molecule has 2 aliphatic rings. The molecule has 0 bridgehead atoms. The molecule has 1 saturated heterocycles. The second kappa shape index (κ2) is 18.0. The van der Waals surface area contributed by atoms with Gasteiger partial charge in [-0.1, -0.05) is 104 Å². The van der Waals surface area contributed by atoms with Crippen LogP contribution in [0.25, 0.3) is 0 Å². The number of thioether (sulfide) groups is 2. The molecule has 0 aliphatic carbocycles. The average molecular weight is 661 g/mol. The lowest BCUT2D eigenvalue weighted by Gasteiger charge is -2.27. The van der Waals surface area contributed by atoms with Crippen LogP contribution in [-0.2, 0) is 19.2 Å². The number of carbonyl (C=O) groups is 4. The molecular weight excluding hydrogens is 609 g/mol. The van der Waals surface area contributed by atoms with E-state index in [0.29, 0.717) is 57.0 Å². The van der Waals surface area contributed by atoms with E-state index in [1.807, 2.05) is 20.8 Å². The number of amides is 2. The molecule has 0 aromatic heterocycles. The molecule has 2 amide bonds. The Labute approximate surface area is 278 Å². The third-order valence-corrected chi connectivity index (χ3v) is 11.1. The highest BCUT2D eigenvalue weighted by Crippen LogP contribution is 2.60. The SMILES string of the molecule is CCCCC(CC)C(=O)Oc1cc(C)c(OC(=O)C(CC)CCCC)c2c1SC(=C1C(=O)N(CCCC)N(CCCC)C1=O)S2. The summed E-state index contributed by atoms with van der Waals surface area (Å²) in [4.78, 5) is 55.5. The van der Waals surface area contributed by atoms with Crippen molar-refractivity contribution in [2.24, 2.45) is 11.8 Å². The van der Waals surface area contributed by atoms with Crippen molar-refractivity contribution in [3.63, 3.8) is 0 Å². The van der Waals surface area contributed by atoms with Gasteiger partial charge in [-0.25, -0.2) is 10.0 Å². The first-order valence-electron chi connectivity index (χ1n) is 17.0. The Morgan fingerprint density at radius 2 is 1.18 bits per heavy atom. The van der Waals surface area contributed by atoms with E-state index in [1.54, 1.807) is 16.1 Å². The van der Waals surface area contributed by atoms with Crippen molar-refractivity contribution >= 4 is 47.3 Å². The summed E-state index contributed by atoms with van der Waals surface area (Å²) in [5.41, 5.74) is 0.791. The maximum Gasteiger partial charge on any atom is 0.314 e.